The lowest BCUT2D eigenvalue weighted by Gasteiger charge is -2.60. The van der Waals surface area contributed by atoms with Gasteiger partial charge in [-0.3, -0.25) is 0 Å². The fraction of sp³-hybridized carbons (Fsp3) is 0.857. The molecule has 0 aromatic heterocycles. The fourth-order valence-corrected chi connectivity index (χ4v) is 8.45. The lowest BCUT2D eigenvalue weighted by Crippen LogP contribution is -2.52. The van der Waals surface area contributed by atoms with E-state index in [1.54, 1.807) is 0 Å². The predicted molar refractivity (Wildman–Crippen MR) is 122 cm³/mol. The molecule has 4 aliphatic rings. The summed E-state index contributed by atoms with van der Waals surface area (Å²) >= 11 is 0. The van der Waals surface area contributed by atoms with E-state index in [0.29, 0.717) is 16.7 Å². The van der Waals surface area contributed by atoms with E-state index in [9.17, 15) is 0 Å². The molecule has 0 aromatic carbocycles. The minimum absolute atomic E-state index is 0.597. The van der Waals surface area contributed by atoms with E-state index in [4.69, 9.17) is 0 Å². The summed E-state index contributed by atoms with van der Waals surface area (Å²) in [5, 5.41) is 0. The van der Waals surface area contributed by atoms with Crippen molar-refractivity contribution in [1.82, 2.24) is 0 Å². The first-order valence-electron chi connectivity index (χ1n) is 12.6. The van der Waals surface area contributed by atoms with Gasteiger partial charge in [0.05, 0.1) is 0 Å². The Kier molecular flexibility index (Phi) is 5.65. The molecule has 0 bridgehead atoms. The van der Waals surface area contributed by atoms with Gasteiger partial charge >= 0.3 is 0 Å². The molecule has 4 rings (SSSR count). The summed E-state index contributed by atoms with van der Waals surface area (Å²) in [5.74, 6) is 7.10. The second-order valence-electron chi connectivity index (χ2n) is 12.1. The zero-order chi connectivity index (χ0) is 20.1. The Morgan fingerprint density at radius 1 is 0.821 bits per heavy atom. The monoisotopic (exact) mass is 382 g/mol. The van der Waals surface area contributed by atoms with Gasteiger partial charge in [-0.05, 0) is 110 Å². The molecule has 0 nitrogen and oxygen atoms in total. The number of fused-ring (bicyclic) bond motifs is 5. The van der Waals surface area contributed by atoms with Crippen LogP contribution in [0.15, 0.2) is 24.3 Å². The molecule has 3 saturated carbocycles. The first-order valence-corrected chi connectivity index (χ1v) is 12.6. The van der Waals surface area contributed by atoms with Crippen molar-refractivity contribution >= 4 is 0 Å². The Bertz CT molecular complexity index is 612. The molecule has 0 amide bonds. The standard InChI is InChI=1S/C28H46/c1-19(2)20(3)10-11-21(4)24-14-15-25-23-13-12-22-9-7-8-17-27(22,5)26(23)16-18-28(24,25)6/h7-8,10-11,19-26H,9,12-18H2,1-6H3/t20-,21+,22?,23-,24+,25-,26-,27-,28+/m0/s1. The average molecular weight is 383 g/mol. The molecular formula is C28H46. The van der Waals surface area contributed by atoms with Gasteiger partial charge in [-0.2, -0.15) is 0 Å². The van der Waals surface area contributed by atoms with Gasteiger partial charge in [0.2, 0.25) is 0 Å². The minimum Gasteiger partial charge on any atom is -0.0882 e. The van der Waals surface area contributed by atoms with Crippen LogP contribution in [0.2, 0.25) is 0 Å². The topological polar surface area (TPSA) is 0 Å². The highest BCUT2D eigenvalue weighted by Gasteiger charge is 2.59. The summed E-state index contributed by atoms with van der Waals surface area (Å²) in [5.41, 5.74) is 1.20. The van der Waals surface area contributed by atoms with Gasteiger partial charge in [0, 0.05) is 0 Å². The molecule has 4 aliphatic carbocycles. The fourth-order valence-electron chi connectivity index (χ4n) is 8.45. The lowest BCUT2D eigenvalue weighted by atomic mass is 9.45. The van der Waals surface area contributed by atoms with Crippen molar-refractivity contribution < 1.29 is 0 Å². The van der Waals surface area contributed by atoms with Crippen LogP contribution >= 0.6 is 0 Å². The molecule has 0 N–H and O–H groups in total. The minimum atomic E-state index is 0.597. The number of hydrogen-bond donors (Lipinski definition) is 0. The van der Waals surface area contributed by atoms with E-state index in [-0.39, 0.29) is 0 Å². The molecule has 1 unspecified atom stereocenters. The molecular weight excluding hydrogens is 336 g/mol. The quantitative estimate of drug-likeness (QED) is 0.429. The van der Waals surface area contributed by atoms with Crippen molar-refractivity contribution in [2.24, 2.45) is 58.2 Å². The average Bonchev–Trinajstić information content (AvgIpc) is 3.02. The van der Waals surface area contributed by atoms with Crippen molar-refractivity contribution in [2.75, 3.05) is 0 Å². The van der Waals surface area contributed by atoms with Crippen LogP contribution in [-0.2, 0) is 0 Å². The zero-order valence-corrected chi connectivity index (χ0v) is 19.6. The van der Waals surface area contributed by atoms with Gasteiger partial charge in [-0.15, -0.1) is 0 Å². The van der Waals surface area contributed by atoms with Crippen LogP contribution in [0, 0.1) is 58.2 Å². The number of allylic oxidation sites excluding steroid dienone is 4. The molecule has 0 spiro atoms. The summed E-state index contributed by atoms with van der Waals surface area (Å²) in [6.07, 6.45) is 21.9. The summed E-state index contributed by atoms with van der Waals surface area (Å²) < 4.78 is 0. The Labute approximate surface area is 175 Å². The van der Waals surface area contributed by atoms with Gasteiger partial charge in [0.15, 0.2) is 0 Å². The van der Waals surface area contributed by atoms with Crippen molar-refractivity contribution in [2.45, 2.75) is 92.9 Å². The largest absolute Gasteiger partial charge is 0.0882 e. The molecule has 158 valence electrons. The molecule has 0 heteroatoms. The van der Waals surface area contributed by atoms with E-state index in [1.165, 1.54) is 51.4 Å². The highest BCUT2D eigenvalue weighted by atomic mass is 14.6. The normalized spacial score (nSPS) is 47.6. The maximum Gasteiger partial charge on any atom is -0.0228 e. The van der Waals surface area contributed by atoms with Gasteiger partial charge in [0.1, 0.15) is 0 Å². The molecule has 9 atom stereocenters. The summed E-state index contributed by atoms with van der Waals surface area (Å²) in [7, 11) is 0. The van der Waals surface area contributed by atoms with E-state index < -0.39 is 0 Å². The van der Waals surface area contributed by atoms with Crippen LogP contribution < -0.4 is 0 Å². The third-order valence-corrected chi connectivity index (χ3v) is 10.7. The lowest BCUT2D eigenvalue weighted by molar-refractivity contribution is -0.0988. The molecule has 0 heterocycles. The Morgan fingerprint density at radius 2 is 1.57 bits per heavy atom. The molecule has 3 fully saturated rings. The Hall–Kier alpha value is -0.520. The van der Waals surface area contributed by atoms with Crippen molar-refractivity contribution in [1.29, 1.82) is 0 Å². The van der Waals surface area contributed by atoms with E-state index >= 15 is 0 Å². The van der Waals surface area contributed by atoms with E-state index in [2.05, 4.69) is 65.8 Å². The smallest absolute Gasteiger partial charge is 0.0228 e. The van der Waals surface area contributed by atoms with Crippen LogP contribution in [0.4, 0.5) is 0 Å². The van der Waals surface area contributed by atoms with Crippen LogP contribution in [0.5, 0.6) is 0 Å². The molecule has 0 aromatic rings. The summed E-state index contributed by atoms with van der Waals surface area (Å²) in [4.78, 5) is 0. The molecule has 0 saturated heterocycles. The van der Waals surface area contributed by atoms with Crippen molar-refractivity contribution in [3.8, 4) is 0 Å². The SMILES string of the molecule is CC(C)[C@@H](C)C=C[C@@H](C)[C@H]1CC[C@H]2[C@@H]3CCC4CC=CC[C@]4(C)[C@H]3CC[C@]12C. The number of hydrogen-bond acceptors (Lipinski definition) is 0. The second-order valence-corrected chi connectivity index (χ2v) is 12.1. The second kappa shape index (κ2) is 7.63. The predicted octanol–water partition coefficient (Wildman–Crippen LogP) is 8.30. The maximum atomic E-state index is 2.71. The summed E-state index contributed by atoms with van der Waals surface area (Å²) in [6.45, 7) is 15.0. The van der Waals surface area contributed by atoms with Gasteiger partial charge in [-0.25, -0.2) is 0 Å². The van der Waals surface area contributed by atoms with Gasteiger partial charge in [0.25, 0.3) is 0 Å². The van der Waals surface area contributed by atoms with E-state index in [0.717, 1.165) is 41.4 Å². The molecule has 0 aliphatic heterocycles. The number of rotatable bonds is 4. The highest BCUT2D eigenvalue weighted by molar-refractivity contribution is 5.13. The van der Waals surface area contributed by atoms with Crippen LogP contribution in [0.3, 0.4) is 0 Å². The Morgan fingerprint density at radius 3 is 2.32 bits per heavy atom. The summed E-state index contributed by atoms with van der Waals surface area (Å²) in [6, 6.07) is 0. The molecule has 0 radical (unpaired) electrons. The first-order chi connectivity index (χ1) is 13.3. The van der Waals surface area contributed by atoms with Crippen molar-refractivity contribution in [3.05, 3.63) is 24.3 Å². The van der Waals surface area contributed by atoms with Crippen LogP contribution in [0.1, 0.15) is 92.9 Å². The van der Waals surface area contributed by atoms with Gasteiger partial charge in [-0.1, -0.05) is 65.8 Å². The van der Waals surface area contributed by atoms with Crippen LogP contribution in [-0.4, -0.2) is 0 Å². The third-order valence-electron chi connectivity index (χ3n) is 10.7. The highest BCUT2D eigenvalue weighted by Crippen LogP contribution is 2.67. The molecule has 28 heavy (non-hydrogen) atoms. The van der Waals surface area contributed by atoms with Crippen LogP contribution in [0.25, 0.3) is 0 Å². The maximum absolute atomic E-state index is 2.71. The zero-order valence-electron chi connectivity index (χ0n) is 19.6. The van der Waals surface area contributed by atoms with E-state index in [1.807, 2.05) is 0 Å². The van der Waals surface area contributed by atoms with Gasteiger partial charge < -0.3 is 0 Å². The third kappa shape index (κ3) is 3.26. The Balaban J connectivity index is 1.51. The van der Waals surface area contributed by atoms with Crippen molar-refractivity contribution in [3.63, 3.8) is 0 Å². The first kappa shape index (κ1) is 20.7.